The fourth-order valence-corrected chi connectivity index (χ4v) is 6.15. The highest BCUT2D eigenvalue weighted by molar-refractivity contribution is 7.99. The average molecular weight is 491 g/mol. The van der Waals surface area contributed by atoms with Gasteiger partial charge in [0.1, 0.15) is 10.6 Å². The smallest absolute Gasteiger partial charge is 0.246 e. The van der Waals surface area contributed by atoms with Gasteiger partial charge in [-0.1, -0.05) is 23.9 Å². The molecule has 4 rings (SSSR count). The number of rotatable bonds is 8. The molecule has 0 bridgehead atoms. The minimum Gasteiger partial charge on any atom is -0.495 e. The Morgan fingerprint density at radius 2 is 1.97 bits per heavy atom. The van der Waals surface area contributed by atoms with Crippen LogP contribution < -0.4 is 10.1 Å². The summed E-state index contributed by atoms with van der Waals surface area (Å²) in [5, 5.41) is 3.55. The van der Waals surface area contributed by atoms with Gasteiger partial charge in [0, 0.05) is 25.3 Å². The Bertz CT molecular complexity index is 1250. The van der Waals surface area contributed by atoms with Gasteiger partial charge in [0.05, 0.1) is 37.1 Å². The van der Waals surface area contributed by atoms with Gasteiger partial charge < -0.3 is 19.4 Å². The number of hydrogen-bond donors (Lipinski definition) is 1. The predicted molar refractivity (Wildman–Crippen MR) is 127 cm³/mol. The lowest BCUT2D eigenvalue weighted by atomic mass is 10.3. The van der Waals surface area contributed by atoms with Crippen LogP contribution in [0.1, 0.15) is 6.92 Å². The number of hydrogen-bond acceptors (Lipinski definition) is 7. The number of fused-ring (bicyclic) bond motifs is 1. The summed E-state index contributed by atoms with van der Waals surface area (Å²) >= 11 is 1.34. The van der Waals surface area contributed by atoms with Crippen molar-refractivity contribution in [1.82, 2.24) is 13.9 Å². The van der Waals surface area contributed by atoms with Crippen LogP contribution >= 0.6 is 11.8 Å². The lowest BCUT2D eigenvalue weighted by molar-refractivity contribution is -0.113. The second-order valence-corrected chi connectivity index (χ2v) is 10.2. The molecule has 176 valence electrons. The van der Waals surface area contributed by atoms with Crippen molar-refractivity contribution in [1.29, 1.82) is 0 Å². The molecule has 2 heterocycles. The van der Waals surface area contributed by atoms with E-state index in [0.717, 1.165) is 22.7 Å². The number of nitrogens with one attached hydrogen (secondary N) is 1. The van der Waals surface area contributed by atoms with Gasteiger partial charge in [0.2, 0.25) is 15.9 Å². The van der Waals surface area contributed by atoms with Gasteiger partial charge in [-0.05, 0) is 37.3 Å². The van der Waals surface area contributed by atoms with Crippen LogP contribution in [0.4, 0.5) is 5.69 Å². The standard InChI is InChI=1S/C22H26N4O5S2/c1-3-26-18-7-5-4-6-17(18)24-22(26)32-15-21(27)23-16-8-9-19(30-2)20(14-16)33(28,29)25-10-12-31-13-11-25/h4-9,14H,3,10-13,15H2,1-2H3,(H,23,27). The van der Waals surface area contributed by atoms with Gasteiger partial charge in [-0.2, -0.15) is 4.31 Å². The zero-order valence-electron chi connectivity index (χ0n) is 18.5. The first-order valence-corrected chi connectivity index (χ1v) is 13.0. The Balaban J connectivity index is 1.49. The SMILES string of the molecule is CCn1c(SCC(=O)Nc2ccc(OC)c(S(=O)(=O)N3CCOCC3)c2)nc2ccccc21. The van der Waals surface area contributed by atoms with Crippen LogP contribution in [0.3, 0.4) is 0 Å². The summed E-state index contributed by atoms with van der Waals surface area (Å²) in [6.07, 6.45) is 0. The van der Waals surface area contributed by atoms with Crippen LogP contribution in [0.2, 0.25) is 0 Å². The summed E-state index contributed by atoms with van der Waals surface area (Å²) in [7, 11) is -2.36. The van der Waals surface area contributed by atoms with Gasteiger partial charge in [0.25, 0.3) is 0 Å². The van der Waals surface area contributed by atoms with Crippen LogP contribution in [-0.2, 0) is 26.1 Å². The van der Waals surface area contributed by atoms with Crippen LogP contribution in [0.5, 0.6) is 5.75 Å². The summed E-state index contributed by atoms with van der Waals surface area (Å²) in [5.74, 6) is 0.112. The number of sulfonamides is 1. The molecule has 1 aliphatic heterocycles. The minimum absolute atomic E-state index is 0.0186. The maximum absolute atomic E-state index is 13.1. The molecule has 0 aliphatic carbocycles. The van der Waals surface area contributed by atoms with E-state index in [2.05, 4.69) is 14.9 Å². The molecule has 1 amide bonds. The zero-order chi connectivity index (χ0) is 23.4. The summed E-state index contributed by atoms with van der Waals surface area (Å²) in [6.45, 7) is 4.02. The molecule has 1 fully saturated rings. The lowest BCUT2D eigenvalue weighted by Crippen LogP contribution is -2.40. The van der Waals surface area contributed by atoms with E-state index in [0.29, 0.717) is 18.9 Å². The number of morpholine rings is 1. The molecule has 1 aromatic heterocycles. The Kier molecular flexibility index (Phi) is 7.23. The number of aryl methyl sites for hydroxylation is 1. The van der Waals surface area contributed by atoms with E-state index >= 15 is 0 Å². The number of nitrogens with zero attached hydrogens (tertiary/aromatic N) is 3. The first-order valence-electron chi connectivity index (χ1n) is 10.6. The molecular weight excluding hydrogens is 464 g/mol. The number of benzene rings is 2. The zero-order valence-corrected chi connectivity index (χ0v) is 20.1. The van der Waals surface area contributed by atoms with E-state index < -0.39 is 10.0 Å². The molecule has 1 aliphatic rings. The fraction of sp³-hybridized carbons (Fsp3) is 0.364. The Morgan fingerprint density at radius 3 is 2.70 bits per heavy atom. The number of anilines is 1. The highest BCUT2D eigenvalue weighted by atomic mass is 32.2. The molecular formula is C22H26N4O5S2. The highest BCUT2D eigenvalue weighted by Gasteiger charge is 2.29. The second-order valence-electron chi connectivity index (χ2n) is 7.35. The van der Waals surface area contributed by atoms with Crippen LogP contribution in [0.25, 0.3) is 11.0 Å². The third kappa shape index (κ3) is 5.01. The maximum Gasteiger partial charge on any atom is 0.246 e. The maximum atomic E-state index is 13.1. The molecule has 11 heteroatoms. The quantitative estimate of drug-likeness (QED) is 0.485. The number of para-hydroxylation sites is 2. The summed E-state index contributed by atoms with van der Waals surface area (Å²) in [5.41, 5.74) is 2.30. The molecule has 9 nitrogen and oxygen atoms in total. The van der Waals surface area contributed by atoms with Crippen molar-refractivity contribution in [2.24, 2.45) is 0 Å². The second kappa shape index (κ2) is 10.1. The monoisotopic (exact) mass is 490 g/mol. The minimum atomic E-state index is -3.78. The van der Waals surface area contributed by atoms with Gasteiger partial charge in [-0.15, -0.1) is 0 Å². The van der Waals surface area contributed by atoms with Gasteiger partial charge in [0.15, 0.2) is 5.16 Å². The van der Waals surface area contributed by atoms with Crippen molar-refractivity contribution >= 4 is 44.4 Å². The van der Waals surface area contributed by atoms with Crippen molar-refractivity contribution < 1.29 is 22.7 Å². The average Bonchev–Trinajstić information content (AvgIpc) is 3.20. The number of amides is 1. The first-order chi connectivity index (χ1) is 15.9. The molecule has 0 atom stereocenters. The third-order valence-corrected chi connectivity index (χ3v) is 8.20. The van der Waals surface area contributed by atoms with E-state index in [9.17, 15) is 13.2 Å². The Morgan fingerprint density at radius 1 is 1.21 bits per heavy atom. The van der Waals surface area contributed by atoms with Crippen LogP contribution in [0.15, 0.2) is 52.5 Å². The van der Waals surface area contributed by atoms with Crippen molar-refractivity contribution in [3.8, 4) is 5.75 Å². The Hall–Kier alpha value is -2.60. The molecule has 33 heavy (non-hydrogen) atoms. The topological polar surface area (TPSA) is 103 Å². The van der Waals surface area contributed by atoms with Crippen LogP contribution in [0, 0.1) is 0 Å². The molecule has 2 aromatic carbocycles. The molecule has 1 N–H and O–H groups in total. The number of aromatic nitrogens is 2. The first kappa shape index (κ1) is 23.6. The summed E-state index contributed by atoms with van der Waals surface area (Å²) in [4.78, 5) is 17.3. The van der Waals surface area contributed by atoms with Gasteiger partial charge in [-0.25, -0.2) is 13.4 Å². The Labute approximate surface area is 197 Å². The number of carbonyl (C=O) groups is 1. The normalized spacial score (nSPS) is 15.0. The van der Waals surface area contributed by atoms with Crippen molar-refractivity contribution in [2.45, 2.75) is 23.5 Å². The van der Waals surface area contributed by atoms with Gasteiger partial charge >= 0.3 is 0 Å². The number of ether oxygens (including phenoxy) is 2. The molecule has 3 aromatic rings. The van der Waals surface area contributed by atoms with Crippen molar-refractivity contribution in [3.05, 3.63) is 42.5 Å². The fourth-order valence-electron chi connectivity index (χ4n) is 3.68. The largest absolute Gasteiger partial charge is 0.495 e. The number of carbonyl (C=O) groups excluding carboxylic acids is 1. The molecule has 0 unspecified atom stereocenters. The third-order valence-electron chi connectivity index (χ3n) is 5.30. The number of methoxy groups -OCH3 is 1. The number of imidazole rings is 1. The predicted octanol–water partition coefficient (Wildman–Crippen LogP) is 2.82. The number of thioether (sulfide) groups is 1. The van der Waals surface area contributed by atoms with E-state index in [1.54, 1.807) is 12.1 Å². The van der Waals surface area contributed by atoms with Crippen molar-refractivity contribution in [3.63, 3.8) is 0 Å². The molecule has 0 radical (unpaired) electrons. The summed E-state index contributed by atoms with van der Waals surface area (Å²) < 4.78 is 40.2. The van der Waals surface area contributed by atoms with Crippen molar-refractivity contribution in [2.75, 3.05) is 44.5 Å². The lowest BCUT2D eigenvalue weighted by Gasteiger charge is -2.26. The van der Waals surface area contributed by atoms with E-state index in [-0.39, 0.29) is 35.4 Å². The molecule has 1 saturated heterocycles. The van der Waals surface area contributed by atoms with E-state index in [1.165, 1.54) is 29.2 Å². The summed E-state index contributed by atoms with van der Waals surface area (Å²) in [6, 6.07) is 12.5. The molecule has 0 spiro atoms. The highest BCUT2D eigenvalue weighted by Crippen LogP contribution is 2.30. The van der Waals surface area contributed by atoms with E-state index in [1.807, 2.05) is 31.2 Å². The van der Waals surface area contributed by atoms with Crippen LogP contribution in [-0.4, -0.2) is 67.3 Å². The molecule has 0 saturated carbocycles. The van der Waals surface area contributed by atoms with E-state index in [4.69, 9.17) is 9.47 Å². The van der Waals surface area contributed by atoms with Gasteiger partial charge in [-0.3, -0.25) is 4.79 Å².